The van der Waals surface area contributed by atoms with E-state index in [2.05, 4.69) is 0 Å². The van der Waals surface area contributed by atoms with Gasteiger partial charge in [0.05, 0.1) is 37.5 Å². The summed E-state index contributed by atoms with van der Waals surface area (Å²) in [5.74, 6) is -0.743. The maximum Gasteiger partial charge on any atom is 0.391 e. The number of nitrogens with zero attached hydrogens (tertiary/aromatic N) is 4. The van der Waals surface area contributed by atoms with E-state index in [1.807, 2.05) is 6.07 Å². The summed E-state index contributed by atoms with van der Waals surface area (Å²) in [6.45, 7) is 3.32. The molecular weight excluding hydrogens is 285 g/mol. The maximum absolute atomic E-state index is 12.5. The summed E-state index contributed by atoms with van der Waals surface area (Å²) in [6.07, 6.45) is -7.21. The van der Waals surface area contributed by atoms with Gasteiger partial charge in [-0.2, -0.15) is 29.0 Å². The normalized spacial score (nSPS) is 11.4. The lowest BCUT2D eigenvalue weighted by Crippen LogP contribution is -2.41. The van der Waals surface area contributed by atoms with Crippen molar-refractivity contribution in [3.8, 4) is 18.2 Å². The molecule has 1 amide bonds. The van der Waals surface area contributed by atoms with Crippen LogP contribution < -0.4 is 0 Å². The summed E-state index contributed by atoms with van der Waals surface area (Å²) in [7, 11) is 0. The van der Waals surface area contributed by atoms with E-state index in [-0.39, 0.29) is 19.0 Å². The number of nitriles is 3. The zero-order valence-corrected chi connectivity index (χ0v) is 11.7. The highest BCUT2D eigenvalue weighted by Gasteiger charge is 2.45. The molecule has 0 spiro atoms. The molecule has 0 rings (SSSR count). The molecule has 0 aliphatic rings. The summed E-state index contributed by atoms with van der Waals surface area (Å²) in [5.41, 5.74) is -2.44. The van der Waals surface area contributed by atoms with Crippen LogP contribution in [0.3, 0.4) is 0 Å². The average molecular weight is 300 g/mol. The van der Waals surface area contributed by atoms with E-state index in [0.717, 1.165) is 0 Å². The third-order valence-electron chi connectivity index (χ3n) is 2.79. The zero-order chi connectivity index (χ0) is 16.7. The molecule has 0 saturated heterocycles. The van der Waals surface area contributed by atoms with Crippen molar-refractivity contribution in [1.29, 1.82) is 15.8 Å². The Morgan fingerprint density at radius 2 is 1.71 bits per heavy atom. The number of halogens is 3. The number of hydrogen-bond donors (Lipinski definition) is 0. The molecule has 0 aromatic heterocycles. The number of hydrogen-bond acceptors (Lipinski definition) is 4. The molecule has 0 aromatic rings. The molecule has 0 fully saturated rings. The first-order chi connectivity index (χ1) is 9.60. The second-order valence-corrected chi connectivity index (χ2v) is 4.86. The quantitative estimate of drug-likeness (QED) is 0.753. The van der Waals surface area contributed by atoms with Gasteiger partial charge >= 0.3 is 6.18 Å². The van der Waals surface area contributed by atoms with E-state index >= 15 is 0 Å². The molecule has 0 aliphatic heterocycles. The number of rotatable bonds is 6. The molecule has 0 aliphatic carbocycles. The lowest BCUT2D eigenvalue weighted by Gasteiger charge is -2.29. The molecule has 0 atom stereocenters. The minimum absolute atomic E-state index is 0.0231. The Labute approximate surface area is 121 Å². The zero-order valence-electron chi connectivity index (χ0n) is 11.7. The summed E-state index contributed by atoms with van der Waals surface area (Å²) in [6, 6.07) is 4.11. The fourth-order valence-electron chi connectivity index (χ4n) is 1.79. The third-order valence-corrected chi connectivity index (χ3v) is 2.79. The van der Waals surface area contributed by atoms with Crippen LogP contribution in [0.4, 0.5) is 13.2 Å². The van der Waals surface area contributed by atoms with Crippen LogP contribution in [0.2, 0.25) is 0 Å². The van der Waals surface area contributed by atoms with Crippen LogP contribution in [0.1, 0.15) is 33.1 Å². The van der Waals surface area contributed by atoms with Crippen LogP contribution in [0.25, 0.3) is 0 Å². The highest BCUT2D eigenvalue weighted by atomic mass is 19.4. The summed E-state index contributed by atoms with van der Waals surface area (Å²) < 4.78 is 37.4. The molecule has 0 N–H and O–H groups in total. The topological polar surface area (TPSA) is 91.7 Å². The van der Waals surface area contributed by atoms with E-state index in [1.54, 1.807) is 13.8 Å². The number of amides is 1. The Hall–Kier alpha value is -2.27. The molecule has 114 valence electrons. The van der Waals surface area contributed by atoms with Crippen molar-refractivity contribution in [2.24, 2.45) is 5.41 Å². The largest absolute Gasteiger partial charge is 0.391 e. The van der Waals surface area contributed by atoms with Gasteiger partial charge in [0.1, 0.15) is 0 Å². The number of carbonyl (C=O) groups is 1. The van der Waals surface area contributed by atoms with E-state index in [4.69, 9.17) is 15.8 Å². The Balaban J connectivity index is 5.18. The minimum atomic E-state index is -4.72. The van der Waals surface area contributed by atoms with Crippen LogP contribution in [0, 0.1) is 39.4 Å². The van der Waals surface area contributed by atoms with Crippen molar-refractivity contribution in [1.82, 2.24) is 4.90 Å². The van der Waals surface area contributed by atoms with Crippen molar-refractivity contribution >= 4 is 5.91 Å². The van der Waals surface area contributed by atoms with Crippen molar-refractivity contribution in [2.75, 3.05) is 6.54 Å². The Morgan fingerprint density at radius 3 is 2.05 bits per heavy atom. The van der Waals surface area contributed by atoms with Crippen LogP contribution in [0.15, 0.2) is 0 Å². The first-order valence-corrected chi connectivity index (χ1v) is 6.16. The second-order valence-electron chi connectivity index (χ2n) is 4.86. The molecule has 0 aromatic carbocycles. The van der Waals surface area contributed by atoms with E-state index in [1.165, 1.54) is 17.0 Å². The van der Waals surface area contributed by atoms with Gasteiger partial charge in [-0.15, -0.1) is 0 Å². The predicted octanol–water partition coefficient (Wildman–Crippen LogP) is 2.51. The molecule has 0 bridgehead atoms. The van der Waals surface area contributed by atoms with E-state index in [9.17, 15) is 18.0 Å². The molecular formula is C13H15F3N4O. The summed E-state index contributed by atoms with van der Waals surface area (Å²) >= 11 is 0. The van der Waals surface area contributed by atoms with E-state index < -0.39 is 30.3 Å². The predicted molar refractivity (Wildman–Crippen MR) is 66.0 cm³/mol. The molecule has 8 heteroatoms. The molecule has 0 saturated carbocycles. The highest BCUT2D eigenvalue weighted by Crippen LogP contribution is 2.36. The van der Waals surface area contributed by atoms with Crippen molar-refractivity contribution in [3.63, 3.8) is 0 Å². The first-order valence-electron chi connectivity index (χ1n) is 6.16. The monoisotopic (exact) mass is 300 g/mol. The van der Waals surface area contributed by atoms with Gasteiger partial charge in [-0.3, -0.25) is 4.79 Å². The SMILES string of the molecule is CC(C)N(CCC#N)C(=O)CC(C#N)(C#N)CC(F)(F)F. The van der Waals surface area contributed by atoms with Crippen LogP contribution in [-0.4, -0.2) is 29.6 Å². The maximum atomic E-state index is 12.5. The standard InChI is InChI=1S/C13H15F3N4O/c1-10(2)20(5-3-4-17)11(21)6-12(8-18,9-19)7-13(14,15)16/h10H,3,5-7H2,1-2H3. The van der Waals surface area contributed by atoms with Gasteiger partial charge in [-0.1, -0.05) is 0 Å². The summed E-state index contributed by atoms with van der Waals surface area (Å²) in [4.78, 5) is 13.3. The van der Waals surface area contributed by atoms with Crippen molar-refractivity contribution < 1.29 is 18.0 Å². The van der Waals surface area contributed by atoms with Crippen molar-refractivity contribution in [2.45, 2.75) is 45.3 Å². The number of alkyl halides is 3. The van der Waals surface area contributed by atoms with Crippen LogP contribution in [-0.2, 0) is 4.79 Å². The Morgan fingerprint density at radius 1 is 1.19 bits per heavy atom. The van der Waals surface area contributed by atoms with Gasteiger partial charge in [0.15, 0.2) is 5.41 Å². The van der Waals surface area contributed by atoms with Crippen LogP contribution >= 0.6 is 0 Å². The second kappa shape index (κ2) is 7.50. The van der Waals surface area contributed by atoms with Gasteiger partial charge in [0.2, 0.25) is 5.91 Å². The Bertz CT molecular complexity index is 480. The molecule has 0 unspecified atom stereocenters. The van der Waals surface area contributed by atoms with Crippen LogP contribution in [0.5, 0.6) is 0 Å². The van der Waals surface area contributed by atoms with Gasteiger partial charge in [-0.05, 0) is 13.8 Å². The van der Waals surface area contributed by atoms with Gasteiger partial charge in [-0.25, -0.2) is 0 Å². The fourth-order valence-corrected chi connectivity index (χ4v) is 1.79. The fraction of sp³-hybridized carbons (Fsp3) is 0.692. The van der Waals surface area contributed by atoms with Gasteiger partial charge in [0, 0.05) is 12.6 Å². The van der Waals surface area contributed by atoms with E-state index in [0.29, 0.717) is 0 Å². The first kappa shape index (κ1) is 18.7. The smallest absolute Gasteiger partial charge is 0.339 e. The molecule has 5 nitrogen and oxygen atoms in total. The highest BCUT2D eigenvalue weighted by molar-refractivity contribution is 5.78. The Kier molecular flexibility index (Phi) is 6.69. The molecule has 0 radical (unpaired) electrons. The minimum Gasteiger partial charge on any atom is -0.339 e. The summed E-state index contributed by atoms with van der Waals surface area (Å²) in [5, 5.41) is 26.3. The van der Waals surface area contributed by atoms with Gasteiger partial charge in [0.25, 0.3) is 0 Å². The van der Waals surface area contributed by atoms with Crippen molar-refractivity contribution in [3.05, 3.63) is 0 Å². The molecule has 21 heavy (non-hydrogen) atoms. The van der Waals surface area contributed by atoms with Gasteiger partial charge < -0.3 is 4.90 Å². The number of carbonyl (C=O) groups excluding carboxylic acids is 1. The third kappa shape index (κ3) is 6.14. The molecule has 0 heterocycles. The lowest BCUT2D eigenvalue weighted by atomic mass is 9.83. The lowest BCUT2D eigenvalue weighted by molar-refractivity contribution is -0.151. The average Bonchev–Trinajstić information content (AvgIpc) is 2.36.